The molecule has 0 bridgehead atoms. The molecule has 6 heteroatoms. The molecule has 0 atom stereocenters. The predicted octanol–water partition coefficient (Wildman–Crippen LogP) is 7.38. The normalized spacial score (nSPS) is 11.1. The van der Waals surface area contributed by atoms with Crippen molar-refractivity contribution >= 4 is 45.5 Å². The van der Waals surface area contributed by atoms with Crippen molar-refractivity contribution in [3.05, 3.63) is 112 Å². The summed E-state index contributed by atoms with van der Waals surface area (Å²) in [4.78, 5) is 13.3. The molecule has 0 aliphatic carbocycles. The maximum Gasteiger partial charge on any atom is 0.352 e. The smallest absolute Gasteiger partial charge is 0.352 e. The highest BCUT2D eigenvalue weighted by molar-refractivity contribution is 7.13. The number of thiophene rings is 1. The Bertz CT molecular complexity index is 1420. The van der Waals surface area contributed by atoms with Gasteiger partial charge in [-0.2, -0.15) is 0 Å². The molecule has 2 N–H and O–H groups in total. The first-order chi connectivity index (χ1) is 16.1. The summed E-state index contributed by atoms with van der Waals surface area (Å²) in [5, 5.41) is 16.9. The van der Waals surface area contributed by atoms with Crippen molar-refractivity contribution in [1.29, 1.82) is 0 Å². The lowest BCUT2D eigenvalue weighted by atomic mass is 10.1. The van der Waals surface area contributed by atoms with Gasteiger partial charge < -0.3 is 15.0 Å². The van der Waals surface area contributed by atoms with E-state index in [1.54, 1.807) is 17.4 Å². The van der Waals surface area contributed by atoms with E-state index in [4.69, 9.17) is 11.6 Å². The van der Waals surface area contributed by atoms with E-state index in [1.807, 2.05) is 47.0 Å². The van der Waals surface area contributed by atoms with Crippen LogP contribution in [0.15, 0.2) is 90.3 Å². The molecule has 2 heterocycles. The van der Waals surface area contributed by atoms with Crippen LogP contribution in [-0.4, -0.2) is 15.6 Å². The number of hydrogen-bond donors (Lipinski definition) is 2. The first-order valence-electron chi connectivity index (χ1n) is 10.6. The lowest BCUT2D eigenvalue weighted by Crippen LogP contribution is -2.09. The predicted molar refractivity (Wildman–Crippen MR) is 137 cm³/mol. The highest BCUT2D eigenvalue weighted by Gasteiger charge is 2.17. The third kappa shape index (κ3) is 4.51. The number of fused-ring (bicyclic) bond motifs is 1. The fourth-order valence-electron chi connectivity index (χ4n) is 4.03. The van der Waals surface area contributed by atoms with Gasteiger partial charge in [-0.15, -0.1) is 11.3 Å². The van der Waals surface area contributed by atoms with Crippen molar-refractivity contribution in [3.63, 3.8) is 0 Å². The zero-order chi connectivity index (χ0) is 22.8. The molecule has 0 fully saturated rings. The van der Waals surface area contributed by atoms with E-state index in [-0.39, 0.29) is 5.69 Å². The molecular weight excluding hydrogens is 452 g/mol. The highest BCUT2D eigenvalue weighted by atomic mass is 35.5. The van der Waals surface area contributed by atoms with Gasteiger partial charge in [-0.05, 0) is 58.5 Å². The number of hydrogen-bond acceptors (Lipinski definition) is 3. The largest absolute Gasteiger partial charge is 0.477 e. The van der Waals surface area contributed by atoms with Gasteiger partial charge in [-0.1, -0.05) is 60.1 Å². The molecule has 0 amide bonds. The third-order valence-corrected chi connectivity index (χ3v) is 6.79. The molecule has 0 aliphatic heterocycles. The quantitative estimate of drug-likeness (QED) is 0.260. The fourth-order valence-corrected chi connectivity index (χ4v) is 4.98. The van der Waals surface area contributed by atoms with Crippen LogP contribution in [0.2, 0.25) is 5.02 Å². The Morgan fingerprint density at radius 3 is 2.48 bits per heavy atom. The van der Waals surface area contributed by atoms with Gasteiger partial charge in [0.25, 0.3) is 0 Å². The summed E-state index contributed by atoms with van der Waals surface area (Å²) in [6.45, 7) is 1.07. The first kappa shape index (κ1) is 21.3. The number of rotatable bonds is 7. The molecular formula is C27H21ClN2O2S. The summed E-state index contributed by atoms with van der Waals surface area (Å²) in [5.41, 5.74) is 5.34. The minimum Gasteiger partial charge on any atom is -0.477 e. The van der Waals surface area contributed by atoms with E-state index < -0.39 is 5.97 Å². The molecule has 3 aromatic carbocycles. The standard InChI is InChI=1S/C27H21ClN2O2S/c28-21-5-1-4-19(14-21)17-30-24-7-2-6-23(22(24)15-25(30)27(31)32)29-16-18-9-11-20(12-10-18)26-8-3-13-33-26/h1-15,29H,16-17H2,(H,31,32). The van der Waals surface area contributed by atoms with Crippen LogP contribution < -0.4 is 5.32 Å². The Hall–Kier alpha value is -3.54. The average molecular weight is 473 g/mol. The van der Waals surface area contributed by atoms with Crippen LogP contribution in [0.25, 0.3) is 21.3 Å². The number of aromatic nitrogens is 1. The second-order valence-corrected chi connectivity index (χ2v) is 9.20. The van der Waals surface area contributed by atoms with E-state index in [2.05, 4.69) is 47.1 Å². The van der Waals surface area contributed by atoms with Gasteiger partial charge in [-0.3, -0.25) is 0 Å². The maximum absolute atomic E-state index is 12.0. The average Bonchev–Trinajstić information content (AvgIpc) is 3.47. The van der Waals surface area contributed by atoms with E-state index >= 15 is 0 Å². The van der Waals surface area contributed by atoms with Crippen LogP contribution in [-0.2, 0) is 13.1 Å². The second kappa shape index (κ2) is 9.14. The van der Waals surface area contributed by atoms with Gasteiger partial charge in [0, 0.05) is 34.1 Å². The Morgan fingerprint density at radius 1 is 0.939 bits per heavy atom. The molecule has 0 saturated heterocycles. The fraction of sp³-hybridized carbons (Fsp3) is 0.0741. The van der Waals surface area contributed by atoms with Crippen LogP contribution in [0.3, 0.4) is 0 Å². The lowest BCUT2D eigenvalue weighted by molar-refractivity contribution is 0.0686. The van der Waals surface area contributed by atoms with E-state index in [1.165, 1.54) is 10.4 Å². The third-order valence-electron chi connectivity index (χ3n) is 5.64. The van der Waals surface area contributed by atoms with Crippen molar-refractivity contribution < 1.29 is 9.90 Å². The first-order valence-corrected chi connectivity index (χ1v) is 11.8. The zero-order valence-corrected chi connectivity index (χ0v) is 19.2. The number of nitrogens with zero attached hydrogens (tertiary/aromatic N) is 1. The van der Waals surface area contributed by atoms with Crippen molar-refractivity contribution in [3.8, 4) is 10.4 Å². The van der Waals surface area contributed by atoms with Crippen LogP contribution in [0.1, 0.15) is 21.6 Å². The minimum atomic E-state index is -0.955. The minimum absolute atomic E-state index is 0.250. The van der Waals surface area contributed by atoms with Crippen molar-refractivity contribution in [2.24, 2.45) is 0 Å². The van der Waals surface area contributed by atoms with E-state index in [9.17, 15) is 9.90 Å². The SMILES string of the molecule is O=C(O)c1cc2c(NCc3ccc(-c4cccs4)cc3)cccc2n1Cc1cccc(Cl)c1. The van der Waals surface area contributed by atoms with Gasteiger partial charge >= 0.3 is 5.97 Å². The molecule has 0 radical (unpaired) electrons. The molecule has 4 nitrogen and oxygen atoms in total. The van der Waals surface area contributed by atoms with Gasteiger partial charge in [0.1, 0.15) is 5.69 Å². The Morgan fingerprint density at radius 2 is 1.76 bits per heavy atom. The number of benzene rings is 3. The van der Waals surface area contributed by atoms with Crippen molar-refractivity contribution in [2.45, 2.75) is 13.1 Å². The van der Waals surface area contributed by atoms with Gasteiger partial charge in [0.2, 0.25) is 0 Å². The Labute approximate surface area is 200 Å². The summed E-state index contributed by atoms with van der Waals surface area (Å²) in [7, 11) is 0. The highest BCUT2D eigenvalue weighted by Crippen LogP contribution is 2.30. The number of carbonyl (C=O) groups is 1. The Kier molecular flexibility index (Phi) is 5.90. The molecule has 0 saturated carbocycles. The number of carboxylic acids is 1. The number of nitrogens with one attached hydrogen (secondary N) is 1. The van der Waals surface area contributed by atoms with Crippen molar-refractivity contribution in [2.75, 3.05) is 5.32 Å². The number of aromatic carboxylic acids is 1. The molecule has 164 valence electrons. The molecule has 33 heavy (non-hydrogen) atoms. The van der Waals surface area contributed by atoms with Crippen LogP contribution >= 0.6 is 22.9 Å². The van der Waals surface area contributed by atoms with Crippen LogP contribution in [0.4, 0.5) is 5.69 Å². The van der Waals surface area contributed by atoms with Crippen LogP contribution in [0, 0.1) is 0 Å². The van der Waals surface area contributed by atoms with Gasteiger partial charge in [0.05, 0.1) is 5.52 Å². The topological polar surface area (TPSA) is 54.3 Å². The van der Waals surface area contributed by atoms with Gasteiger partial charge in [-0.25, -0.2) is 4.79 Å². The molecule has 0 aliphatic rings. The monoisotopic (exact) mass is 472 g/mol. The summed E-state index contributed by atoms with van der Waals surface area (Å²) in [5.74, 6) is -0.955. The second-order valence-electron chi connectivity index (χ2n) is 7.82. The van der Waals surface area contributed by atoms with E-state index in [0.717, 1.165) is 27.7 Å². The maximum atomic E-state index is 12.0. The summed E-state index contributed by atoms with van der Waals surface area (Å²) >= 11 is 7.86. The number of halogens is 1. The molecule has 2 aromatic heterocycles. The van der Waals surface area contributed by atoms with Crippen molar-refractivity contribution in [1.82, 2.24) is 4.57 Å². The van der Waals surface area contributed by atoms with Gasteiger partial charge in [0.15, 0.2) is 0 Å². The molecule has 5 rings (SSSR count). The zero-order valence-electron chi connectivity index (χ0n) is 17.7. The number of carboxylic acid groups (broad SMARTS) is 1. The summed E-state index contributed by atoms with van der Waals surface area (Å²) in [6, 6.07) is 27.8. The molecule has 5 aromatic rings. The molecule has 0 spiro atoms. The van der Waals surface area contributed by atoms with Crippen LogP contribution in [0.5, 0.6) is 0 Å². The lowest BCUT2D eigenvalue weighted by Gasteiger charge is -2.11. The summed E-state index contributed by atoms with van der Waals surface area (Å²) in [6.07, 6.45) is 0. The molecule has 0 unspecified atom stereocenters. The Balaban J connectivity index is 1.42. The number of anilines is 1. The summed E-state index contributed by atoms with van der Waals surface area (Å²) < 4.78 is 1.82. The van der Waals surface area contributed by atoms with E-state index in [0.29, 0.717) is 18.1 Å².